The Hall–Kier alpha value is -3.91. The van der Waals surface area contributed by atoms with Gasteiger partial charge in [-0.25, -0.2) is 0 Å². The van der Waals surface area contributed by atoms with E-state index in [-0.39, 0.29) is 17.9 Å². The molecule has 1 aliphatic heterocycles. The van der Waals surface area contributed by atoms with E-state index in [0.717, 1.165) is 23.4 Å². The van der Waals surface area contributed by atoms with Crippen LogP contribution in [0.25, 0.3) is 6.08 Å². The summed E-state index contributed by atoms with van der Waals surface area (Å²) < 4.78 is 17.0. The summed E-state index contributed by atoms with van der Waals surface area (Å²) in [6, 6.07) is 15.0. The standard InChI is InChI=1S/C33H40N2O6/c1-6-18-35-19-17-32(27-10-8-12-30(21-27)40-24(2)36)22-28(15-16-33(32,23-35)41-25(3)37)34(4)31(38)14-13-26-9-7-11-29(20-26)39-5/h6-14,20-21,28H,1,15-19,22-23H2,2-5H3/t28-,32+,33+/m1/s1. The molecule has 41 heavy (non-hydrogen) atoms. The highest BCUT2D eigenvalue weighted by Crippen LogP contribution is 2.54. The predicted octanol–water partition coefficient (Wildman–Crippen LogP) is 4.78. The maximum atomic E-state index is 13.4. The van der Waals surface area contributed by atoms with E-state index in [1.54, 1.807) is 30.2 Å². The number of likely N-dealkylation sites (N-methyl/N-ethyl adjacent to an activating group) is 1. The van der Waals surface area contributed by atoms with Crippen molar-refractivity contribution >= 4 is 23.9 Å². The van der Waals surface area contributed by atoms with Crippen molar-refractivity contribution in [1.29, 1.82) is 0 Å². The number of carbonyl (C=O) groups excluding carboxylic acids is 3. The summed E-state index contributed by atoms with van der Waals surface area (Å²) in [5.74, 6) is 0.326. The first-order chi connectivity index (χ1) is 19.6. The van der Waals surface area contributed by atoms with Crippen molar-refractivity contribution in [3.05, 3.63) is 78.4 Å². The van der Waals surface area contributed by atoms with Crippen LogP contribution in [0.4, 0.5) is 0 Å². The maximum Gasteiger partial charge on any atom is 0.308 e. The molecule has 0 unspecified atom stereocenters. The first kappa shape index (κ1) is 30.1. The van der Waals surface area contributed by atoms with Crippen LogP contribution in [0.3, 0.4) is 0 Å². The smallest absolute Gasteiger partial charge is 0.308 e. The minimum atomic E-state index is -0.814. The molecular weight excluding hydrogens is 520 g/mol. The summed E-state index contributed by atoms with van der Waals surface area (Å²) in [5, 5.41) is 0. The van der Waals surface area contributed by atoms with Crippen LogP contribution >= 0.6 is 0 Å². The SMILES string of the molecule is C=CCN1CC[C@@]2(c3cccc(OC(C)=O)c3)C[C@H](N(C)C(=O)C=Cc3cccc(OC)c3)CC[C@]2(OC(C)=O)C1. The van der Waals surface area contributed by atoms with Crippen molar-refractivity contribution < 1.29 is 28.6 Å². The molecule has 1 saturated carbocycles. The molecule has 0 N–H and O–H groups in total. The van der Waals surface area contributed by atoms with Crippen LogP contribution in [0.2, 0.25) is 0 Å². The number of hydrogen-bond donors (Lipinski definition) is 0. The van der Waals surface area contributed by atoms with Gasteiger partial charge >= 0.3 is 11.9 Å². The minimum Gasteiger partial charge on any atom is -0.497 e. The first-order valence-electron chi connectivity index (χ1n) is 14.0. The van der Waals surface area contributed by atoms with Crippen molar-refractivity contribution in [2.24, 2.45) is 0 Å². The summed E-state index contributed by atoms with van der Waals surface area (Å²) in [7, 11) is 3.44. The van der Waals surface area contributed by atoms with E-state index in [9.17, 15) is 14.4 Å². The zero-order valence-corrected chi connectivity index (χ0v) is 24.4. The Kier molecular flexibility index (Phi) is 9.33. The highest BCUT2D eigenvalue weighted by molar-refractivity contribution is 5.92. The Morgan fingerprint density at radius 1 is 1.07 bits per heavy atom. The fourth-order valence-corrected chi connectivity index (χ4v) is 6.56. The fraction of sp³-hybridized carbons (Fsp3) is 0.424. The summed E-state index contributed by atoms with van der Waals surface area (Å²) in [4.78, 5) is 41.8. The van der Waals surface area contributed by atoms with Crippen LogP contribution in [0, 0.1) is 0 Å². The van der Waals surface area contributed by atoms with Crippen LogP contribution in [0.1, 0.15) is 50.7 Å². The van der Waals surface area contributed by atoms with Crippen molar-refractivity contribution in [1.82, 2.24) is 9.80 Å². The summed E-state index contributed by atoms with van der Waals surface area (Å²) in [6.07, 6.45) is 7.80. The number of nitrogens with zero attached hydrogens (tertiary/aromatic N) is 2. The molecule has 0 radical (unpaired) electrons. The minimum absolute atomic E-state index is 0.0931. The Morgan fingerprint density at radius 3 is 2.54 bits per heavy atom. The van der Waals surface area contributed by atoms with E-state index < -0.39 is 17.0 Å². The second-order valence-corrected chi connectivity index (χ2v) is 11.0. The van der Waals surface area contributed by atoms with Gasteiger partial charge in [0.15, 0.2) is 0 Å². The summed E-state index contributed by atoms with van der Waals surface area (Å²) >= 11 is 0. The molecule has 1 aliphatic carbocycles. The number of piperidine rings is 1. The van der Waals surface area contributed by atoms with E-state index in [0.29, 0.717) is 44.5 Å². The number of carbonyl (C=O) groups is 3. The van der Waals surface area contributed by atoms with E-state index in [2.05, 4.69) is 11.5 Å². The Labute approximate surface area is 242 Å². The molecule has 2 aromatic carbocycles. The molecule has 2 aliphatic rings. The average Bonchev–Trinajstić information content (AvgIpc) is 2.95. The molecule has 1 amide bonds. The van der Waals surface area contributed by atoms with Gasteiger partial charge in [0.05, 0.1) is 7.11 Å². The van der Waals surface area contributed by atoms with Gasteiger partial charge in [0, 0.05) is 51.5 Å². The summed E-state index contributed by atoms with van der Waals surface area (Å²) in [6.45, 7) is 8.74. The molecule has 8 nitrogen and oxygen atoms in total. The maximum absolute atomic E-state index is 13.4. The van der Waals surface area contributed by atoms with Crippen LogP contribution in [-0.2, 0) is 24.5 Å². The topological polar surface area (TPSA) is 85.4 Å². The number of esters is 2. The molecule has 1 saturated heterocycles. The van der Waals surface area contributed by atoms with E-state index in [1.165, 1.54) is 13.8 Å². The van der Waals surface area contributed by atoms with Gasteiger partial charge in [-0.15, -0.1) is 6.58 Å². The molecule has 8 heteroatoms. The van der Waals surface area contributed by atoms with Gasteiger partial charge in [-0.2, -0.15) is 0 Å². The Bertz CT molecular complexity index is 1320. The number of hydrogen-bond acceptors (Lipinski definition) is 7. The average molecular weight is 561 g/mol. The number of benzene rings is 2. The molecule has 218 valence electrons. The third-order valence-corrected chi connectivity index (χ3v) is 8.45. The third-order valence-electron chi connectivity index (χ3n) is 8.45. The lowest BCUT2D eigenvalue weighted by molar-refractivity contribution is -0.189. The molecule has 2 fully saturated rings. The largest absolute Gasteiger partial charge is 0.497 e. The Morgan fingerprint density at radius 2 is 1.83 bits per heavy atom. The monoisotopic (exact) mass is 560 g/mol. The molecule has 3 atom stereocenters. The number of methoxy groups -OCH3 is 1. The van der Waals surface area contributed by atoms with E-state index in [4.69, 9.17) is 14.2 Å². The van der Waals surface area contributed by atoms with Gasteiger partial charge in [-0.1, -0.05) is 30.3 Å². The van der Waals surface area contributed by atoms with Crippen molar-refractivity contribution in [3.8, 4) is 11.5 Å². The lowest BCUT2D eigenvalue weighted by Crippen LogP contribution is -2.68. The Balaban J connectivity index is 1.70. The zero-order valence-electron chi connectivity index (χ0n) is 24.4. The second kappa shape index (κ2) is 12.7. The van der Waals surface area contributed by atoms with Crippen molar-refractivity contribution in [3.63, 3.8) is 0 Å². The van der Waals surface area contributed by atoms with Gasteiger partial charge in [-0.05, 0) is 73.7 Å². The highest BCUT2D eigenvalue weighted by Gasteiger charge is 2.61. The van der Waals surface area contributed by atoms with Crippen molar-refractivity contribution in [2.75, 3.05) is 33.8 Å². The number of rotatable bonds is 9. The summed E-state index contributed by atoms with van der Waals surface area (Å²) in [5.41, 5.74) is 0.400. The number of likely N-dealkylation sites (tertiary alicyclic amines) is 1. The quantitative estimate of drug-likeness (QED) is 0.189. The van der Waals surface area contributed by atoms with Crippen LogP contribution in [-0.4, -0.2) is 73.1 Å². The predicted molar refractivity (Wildman–Crippen MR) is 158 cm³/mol. The molecular formula is C33H40N2O6. The van der Waals surface area contributed by atoms with Crippen LogP contribution < -0.4 is 9.47 Å². The van der Waals surface area contributed by atoms with Crippen LogP contribution in [0.15, 0.2) is 67.3 Å². The van der Waals surface area contributed by atoms with Gasteiger partial charge in [0.2, 0.25) is 5.91 Å². The third kappa shape index (κ3) is 6.54. The number of fused-ring (bicyclic) bond motifs is 1. The van der Waals surface area contributed by atoms with Crippen molar-refractivity contribution in [2.45, 2.75) is 56.6 Å². The molecule has 2 aromatic rings. The highest BCUT2D eigenvalue weighted by atomic mass is 16.6. The normalized spacial score (nSPS) is 24.2. The van der Waals surface area contributed by atoms with Crippen LogP contribution in [0.5, 0.6) is 11.5 Å². The van der Waals surface area contributed by atoms with E-state index >= 15 is 0 Å². The molecule has 4 rings (SSSR count). The second-order valence-electron chi connectivity index (χ2n) is 11.0. The fourth-order valence-electron chi connectivity index (χ4n) is 6.56. The van der Waals surface area contributed by atoms with Gasteiger partial charge < -0.3 is 19.1 Å². The van der Waals surface area contributed by atoms with Gasteiger partial charge in [0.25, 0.3) is 0 Å². The molecule has 1 heterocycles. The molecule has 0 aromatic heterocycles. The molecule has 0 spiro atoms. The lowest BCUT2D eigenvalue weighted by Gasteiger charge is -2.60. The van der Waals surface area contributed by atoms with Gasteiger partial charge in [-0.3, -0.25) is 19.3 Å². The lowest BCUT2D eigenvalue weighted by atomic mass is 9.55. The number of amides is 1. The van der Waals surface area contributed by atoms with Gasteiger partial charge in [0.1, 0.15) is 17.1 Å². The molecule has 0 bridgehead atoms. The number of ether oxygens (including phenoxy) is 3. The zero-order chi connectivity index (χ0) is 29.6. The van der Waals surface area contributed by atoms with E-state index in [1.807, 2.05) is 55.6 Å². The first-order valence-corrected chi connectivity index (χ1v) is 14.0.